The summed E-state index contributed by atoms with van der Waals surface area (Å²) in [4.78, 5) is 11.9. The summed E-state index contributed by atoms with van der Waals surface area (Å²) in [5.74, 6) is 1.03. The topological polar surface area (TPSA) is 55.4 Å². The first-order chi connectivity index (χ1) is 8.44. The van der Waals surface area contributed by atoms with Crippen molar-refractivity contribution in [1.82, 2.24) is 5.32 Å². The Kier molecular flexibility index (Phi) is 6.37. The van der Waals surface area contributed by atoms with Crippen LogP contribution in [0.4, 0.5) is 0 Å². The Labute approximate surface area is 110 Å². The highest BCUT2D eigenvalue weighted by Crippen LogP contribution is 2.41. The summed E-state index contributed by atoms with van der Waals surface area (Å²) in [6.07, 6.45) is 4.69. The van der Waals surface area contributed by atoms with Crippen LogP contribution in [0.1, 0.15) is 39.5 Å². The number of carbonyl (C=O) groups excluding carboxylic acids is 1. The number of amides is 1. The van der Waals surface area contributed by atoms with Gasteiger partial charge in [-0.1, -0.05) is 6.92 Å². The van der Waals surface area contributed by atoms with Gasteiger partial charge in [-0.2, -0.15) is 0 Å². The summed E-state index contributed by atoms with van der Waals surface area (Å²) in [6.45, 7) is 6.62. The van der Waals surface area contributed by atoms with Gasteiger partial charge in [-0.25, -0.2) is 0 Å². The smallest absolute Gasteiger partial charge is 0.223 e. The maximum Gasteiger partial charge on any atom is 0.223 e. The van der Waals surface area contributed by atoms with E-state index in [1.165, 1.54) is 0 Å². The third kappa shape index (κ3) is 5.53. The molecular weight excluding hydrogens is 249 g/mol. The van der Waals surface area contributed by atoms with Crippen LogP contribution in [-0.4, -0.2) is 31.9 Å². The summed E-state index contributed by atoms with van der Waals surface area (Å²) in [6, 6.07) is 0. The molecular formula is C13H26NO3P. The van der Waals surface area contributed by atoms with E-state index in [2.05, 4.69) is 12.2 Å². The molecule has 0 aliphatic heterocycles. The minimum Gasteiger partial charge on any atom is -0.355 e. The van der Waals surface area contributed by atoms with Gasteiger partial charge in [0.1, 0.15) is 0 Å². The molecule has 0 saturated heterocycles. The molecule has 5 heteroatoms. The highest BCUT2D eigenvalue weighted by Gasteiger charge is 2.24. The van der Waals surface area contributed by atoms with Crippen molar-refractivity contribution < 1.29 is 13.9 Å². The van der Waals surface area contributed by atoms with Crippen LogP contribution in [0.2, 0.25) is 0 Å². The molecule has 0 spiro atoms. The first kappa shape index (κ1) is 15.7. The van der Waals surface area contributed by atoms with Gasteiger partial charge >= 0.3 is 0 Å². The van der Waals surface area contributed by atoms with Crippen LogP contribution >= 0.6 is 7.37 Å². The molecule has 1 N–H and O–H groups in total. The standard InChI is InChI=1S/C13H26NO3P/c1-4-17-18(3,16)10-9-14-13(15)12-7-5-11(2)6-8-12/h11-12H,4-10H2,1-3H3,(H,14,15). The summed E-state index contributed by atoms with van der Waals surface area (Å²) in [7, 11) is -2.51. The van der Waals surface area contributed by atoms with Crippen molar-refractivity contribution in [3.8, 4) is 0 Å². The van der Waals surface area contributed by atoms with Crippen molar-refractivity contribution >= 4 is 13.3 Å². The Bertz CT molecular complexity index is 311. The van der Waals surface area contributed by atoms with Gasteiger partial charge < -0.3 is 9.84 Å². The van der Waals surface area contributed by atoms with Crippen molar-refractivity contribution in [1.29, 1.82) is 0 Å². The van der Waals surface area contributed by atoms with E-state index in [1.54, 1.807) is 6.66 Å². The van der Waals surface area contributed by atoms with Gasteiger partial charge in [0.25, 0.3) is 0 Å². The predicted octanol–water partition coefficient (Wildman–Crippen LogP) is 2.87. The second-order valence-electron chi connectivity index (χ2n) is 5.40. The predicted molar refractivity (Wildman–Crippen MR) is 74.2 cm³/mol. The number of hydrogen-bond acceptors (Lipinski definition) is 3. The van der Waals surface area contributed by atoms with E-state index in [1.807, 2.05) is 6.92 Å². The SMILES string of the molecule is CCOP(C)(=O)CCNC(=O)C1CCC(C)CC1. The molecule has 0 radical (unpaired) electrons. The average Bonchev–Trinajstić information content (AvgIpc) is 2.29. The first-order valence-electron chi connectivity index (χ1n) is 6.93. The maximum atomic E-state index is 11.9. The van der Waals surface area contributed by atoms with Crippen molar-refractivity contribution in [3.63, 3.8) is 0 Å². The molecule has 1 fully saturated rings. The van der Waals surface area contributed by atoms with Gasteiger partial charge in [-0.3, -0.25) is 9.36 Å². The number of hydrogen-bond donors (Lipinski definition) is 1. The van der Waals surface area contributed by atoms with Crippen LogP contribution in [0.15, 0.2) is 0 Å². The molecule has 1 amide bonds. The third-order valence-corrected chi connectivity index (χ3v) is 5.45. The fraction of sp³-hybridized carbons (Fsp3) is 0.923. The van der Waals surface area contributed by atoms with Crippen molar-refractivity contribution in [2.75, 3.05) is 26.0 Å². The Morgan fingerprint density at radius 1 is 1.33 bits per heavy atom. The van der Waals surface area contributed by atoms with E-state index in [9.17, 15) is 9.36 Å². The highest BCUT2D eigenvalue weighted by atomic mass is 31.2. The third-order valence-electron chi connectivity index (χ3n) is 3.61. The molecule has 106 valence electrons. The zero-order chi connectivity index (χ0) is 13.6. The second-order valence-corrected chi connectivity index (χ2v) is 8.14. The number of rotatable bonds is 6. The Morgan fingerprint density at radius 3 is 2.50 bits per heavy atom. The normalized spacial score (nSPS) is 27.5. The van der Waals surface area contributed by atoms with Gasteiger partial charge in [0.05, 0.1) is 6.61 Å². The fourth-order valence-corrected chi connectivity index (χ4v) is 3.58. The van der Waals surface area contributed by atoms with Crippen LogP contribution in [-0.2, 0) is 13.9 Å². The van der Waals surface area contributed by atoms with Gasteiger partial charge in [-0.05, 0) is 38.5 Å². The molecule has 0 aromatic carbocycles. The van der Waals surface area contributed by atoms with Crippen LogP contribution in [0.25, 0.3) is 0 Å². The van der Waals surface area contributed by atoms with Gasteiger partial charge in [0.2, 0.25) is 13.3 Å². The summed E-state index contributed by atoms with van der Waals surface area (Å²) in [5.41, 5.74) is 0. The lowest BCUT2D eigenvalue weighted by molar-refractivity contribution is -0.126. The molecule has 1 aliphatic rings. The largest absolute Gasteiger partial charge is 0.355 e. The van der Waals surface area contributed by atoms with Crippen molar-refractivity contribution in [2.45, 2.75) is 39.5 Å². The monoisotopic (exact) mass is 275 g/mol. The van der Waals surface area contributed by atoms with Gasteiger partial charge in [0.15, 0.2) is 0 Å². The molecule has 0 heterocycles. The minimum absolute atomic E-state index is 0.124. The second kappa shape index (κ2) is 7.30. The van der Waals surface area contributed by atoms with E-state index in [0.29, 0.717) is 19.3 Å². The summed E-state index contributed by atoms with van der Waals surface area (Å²) < 4.78 is 17.0. The van der Waals surface area contributed by atoms with Gasteiger partial charge in [-0.15, -0.1) is 0 Å². The first-order valence-corrected chi connectivity index (χ1v) is 9.19. The van der Waals surface area contributed by atoms with Crippen LogP contribution in [0.5, 0.6) is 0 Å². The van der Waals surface area contributed by atoms with Crippen molar-refractivity contribution in [3.05, 3.63) is 0 Å². The molecule has 18 heavy (non-hydrogen) atoms. The quantitative estimate of drug-likeness (QED) is 0.758. The summed E-state index contributed by atoms with van der Waals surface area (Å²) >= 11 is 0. The number of carbonyl (C=O) groups is 1. The van der Waals surface area contributed by atoms with E-state index >= 15 is 0 Å². The molecule has 0 bridgehead atoms. The molecule has 4 nitrogen and oxygen atoms in total. The number of nitrogens with one attached hydrogen (secondary N) is 1. The lowest BCUT2D eigenvalue weighted by Crippen LogP contribution is -2.34. The van der Waals surface area contributed by atoms with Crippen molar-refractivity contribution in [2.24, 2.45) is 11.8 Å². The lowest BCUT2D eigenvalue weighted by Gasteiger charge is -2.25. The van der Waals surface area contributed by atoms with Crippen LogP contribution in [0.3, 0.4) is 0 Å². The van der Waals surface area contributed by atoms with Gasteiger partial charge in [0, 0.05) is 25.3 Å². The molecule has 1 saturated carbocycles. The zero-order valence-electron chi connectivity index (χ0n) is 11.8. The minimum atomic E-state index is -2.51. The molecule has 1 unspecified atom stereocenters. The van der Waals surface area contributed by atoms with Crippen LogP contribution in [0, 0.1) is 11.8 Å². The molecule has 1 rings (SSSR count). The van der Waals surface area contributed by atoms with E-state index in [4.69, 9.17) is 4.52 Å². The maximum absolute atomic E-state index is 11.9. The molecule has 0 aromatic rings. The molecule has 1 aliphatic carbocycles. The molecule has 0 aromatic heterocycles. The Hall–Kier alpha value is -0.340. The lowest BCUT2D eigenvalue weighted by atomic mass is 9.82. The highest BCUT2D eigenvalue weighted by molar-refractivity contribution is 7.58. The van der Waals surface area contributed by atoms with E-state index < -0.39 is 7.37 Å². The average molecular weight is 275 g/mol. The zero-order valence-corrected chi connectivity index (χ0v) is 12.7. The van der Waals surface area contributed by atoms with E-state index in [0.717, 1.165) is 31.6 Å². The summed E-state index contributed by atoms with van der Waals surface area (Å²) in [5, 5.41) is 2.89. The fourth-order valence-electron chi connectivity index (χ4n) is 2.39. The Morgan fingerprint density at radius 2 is 1.94 bits per heavy atom. The Balaban J connectivity index is 2.23. The van der Waals surface area contributed by atoms with Crippen LogP contribution < -0.4 is 5.32 Å². The molecule has 1 atom stereocenters. The van der Waals surface area contributed by atoms with E-state index in [-0.39, 0.29) is 11.8 Å².